The smallest absolute Gasteiger partial charge is 0.254 e. The molecule has 0 fully saturated rings. The van der Waals surface area contributed by atoms with Gasteiger partial charge in [0.05, 0.1) is 5.56 Å². The summed E-state index contributed by atoms with van der Waals surface area (Å²) in [5.74, 6) is -0.568. The first-order valence-electron chi connectivity index (χ1n) is 6.09. The molecule has 19 heavy (non-hydrogen) atoms. The number of carbonyl (C=O) groups excluding carboxylic acids is 2. The molecule has 0 aromatic heterocycles. The Kier molecular flexibility index (Phi) is 5.82. The second-order valence-corrected chi connectivity index (χ2v) is 5.13. The van der Waals surface area contributed by atoms with E-state index in [0.717, 1.165) is 10.9 Å². The van der Waals surface area contributed by atoms with Crippen molar-refractivity contribution in [3.8, 4) is 0 Å². The zero-order valence-electron chi connectivity index (χ0n) is 11.0. The average molecular weight is 328 g/mol. The molecule has 0 saturated carbocycles. The monoisotopic (exact) mass is 327 g/mol. The number of halogens is 1. The largest absolute Gasteiger partial charge is 0.398 e. The maximum absolute atomic E-state index is 12.0. The SMILES string of the molecule is CCCNC(=O)C(C)NC(=O)c1cc(Br)ccc1N. The molecule has 0 aliphatic heterocycles. The van der Waals surface area contributed by atoms with Crippen LogP contribution in [0.3, 0.4) is 0 Å². The van der Waals surface area contributed by atoms with Gasteiger partial charge in [0.25, 0.3) is 5.91 Å². The Balaban J connectivity index is 2.68. The molecule has 6 heteroatoms. The highest BCUT2D eigenvalue weighted by atomic mass is 79.9. The average Bonchev–Trinajstić information content (AvgIpc) is 2.38. The van der Waals surface area contributed by atoms with E-state index in [0.29, 0.717) is 17.8 Å². The Morgan fingerprint density at radius 1 is 1.42 bits per heavy atom. The molecule has 2 amide bonds. The molecule has 1 aromatic carbocycles. The first-order valence-corrected chi connectivity index (χ1v) is 6.88. The van der Waals surface area contributed by atoms with Crippen LogP contribution in [0, 0.1) is 0 Å². The molecule has 0 spiro atoms. The molecule has 0 radical (unpaired) electrons. The lowest BCUT2D eigenvalue weighted by Crippen LogP contribution is -2.45. The zero-order chi connectivity index (χ0) is 14.4. The van der Waals surface area contributed by atoms with Gasteiger partial charge in [-0.3, -0.25) is 9.59 Å². The summed E-state index contributed by atoms with van der Waals surface area (Å²) in [5, 5.41) is 5.34. The van der Waals surface area contributed by atoms with Crippen LogP contribution in [-0.4, -0.2) is 24.4 Å². The highest BCUT2D eigenvalue weighted by Crippen LogP contribution is 2.18. The summed E-state index contributed by atoms with van der Waals surface area (Å²) < 4.78 is 0.759. The lowest BCUT2D eigenvalue weighted by molar-refractivity contribution is -0.122. The number of nitrogens with one attached hydrogen (secondary N) is 2. The Labute approximate surface area is 121 Å². The minimum absolute atomic E-state index is 0.205. The van der Waals surface area contributed by atoms with Crippen molar-refractivity contribution in [2.24, 2.45) is 0 Å². The summed E-state index contributed by atoms with van der Waals surface area (Å²) in [6.07, 6.45) is 0.852. The van der Waals surface area contributed by atoms with E-state index in [9.17, 15) is 9.59 Å². The molecule has 1 rings (SSSR count). The minimum Gasteiger partial charge on any atom is -0.398 e. The number of carbonyl (C=O) groups is 2. The van der Waals surface area contributed by atoms with Crippen molar-refractivity contribution in [2.75, 3.05) is 12.3 Å². The number of nitrogens with two attached hydrogens (primary N) is 1. The fraction of sp³-hybridized carbons (Fsp3) is 0.385. The van der Waals surface area contributed by atoms with Crippen LogP contribution < -0.4 is 16.4 Å². The van der Waals surface area contributed by atoms with Crippen LogP contribution in [0.4, 0.5) is 5.69 Å². The lowest BCUT2D eigenvalue weighted by Gasteiger charge is -2.14. The minimum atomic E-state index is -0.600. The Hall–Kier alpha value is -1.56. The van der Waals surface area contributed by atoms with Gasteiger partial charge in [-0.05, 0) is 31.5 Å². The number of hydrogen-bond acceptors (Lipinski definition) is 3. The Bertz CT molecular complexity index is 477. The second kappa shape index (κ2) is 7.13. The highest BCUT2D eigenvalue weighted by Gasteiger charge is 2.17. The van der Waals surface area contributed by atoms with Crippen LogP contribution in [0.15, 0.2) is 22.7 Å². The standard InChI is InChI=1S/C13H18BrN3O2/c1-3-6-16-12(18)8(2)17-13(19)10-7-9(14)4-5-11(10)15/h4-5,7-8H,3,6,15H2,1-2H3,(H,16,18)(H,17,19). The second-order valence-electron chi connectivity index (χ2n) is 4.22. The lowest BCUT2D eigenvalue weighted by atomic mass is 10.1. The molecule has 1 aromatic rings. The predicted molar refractivity (Wildman–Crippen MR) is 78.8 cm³/mol. The molecule has 0 heterocycles. The summed E-state index contributed by atoms with van der Waals surface area (Å²) in [6, 6.07) is 4.42. The van der Waals surface area contributed by atoms with Crippen LogP contribution in [0.1, 0.15) is 30.6 Å². The van der Waals surface area contributed by atoms with Gasteiger partial charge < -0.3 is 16.4 Å². The van der Waals surface area contributed by atoms with Gasteiger partial charge in [-0.25, -0.2) is 0 Å². The van der Waals surface area contributed by atoms with Crippen molar-refractivity contribution in [1.29, 1.82) is 0 Å². The van der Waals surface area contributed by atoms with Gasteiger partial charge in [-0.2, -0.15) is 0 Å². The van der Waals surface area contributed by atoms with Gasteiger partial charge in [0.15, 0.2) is 0 Å². The topological polar surface area (TPSA) is 84.2 Å². The third-order valence-corrected chi connectivity index (χ3v) is 3.04. The van der Waals surface area contributed by atoms with E-state index >= 15 is 0 Å². The maximum atomic E-state index is 12.0. The van der Waals surface area contributed by atoms with Crippen LogP contribution in [-0.2, 0) is 4.79 Å². The molecule has 1 atom stereocenters. The Morgan fingerprint density at radius 2 is 2.11 bits per heavy atom. The van der Waals surface area contributed by atoms with Gasteiger partial charge >= 0.3 is 0 Å². The normalized spacial score (nSPS) is 11.7. The highest BCUT2D eigenvalue weighted by molar-refractivity contribution is 9.10. The van der Waals surface area contributed by atoms with Crippen LogP contribution >= 0.6 is 15.9 Å². The van der Waals surface area contributed by atoms with Crippen LogP contribution in [0.5, 0.6) is 0 Å². The molecule has 0 aliphatic carbocycles. The number of benzene rings is 1. The van der Waals surface area contributed by atoms with E-state index in [1.807, 2.05) is 6.92 Å². The number of amides is 2. The molecule has 5 nitrogen and oxygen atoms in total. The van der Waals surface area contributed by atoms with Crippen molar-refractivity contribution < 1.29 is 9.59 Å². The number of rotatable bonds is 5. The van der Waals surface area contributed by atoms with Gasteiger partial charge in [0.1, 0.15) is 6.04 Å². The molecular weight excluding hydrogens is 310 g/mol. The summed E-state index contributed by atoms with van der Waals surface area (Å²) in [7, 11) is 0. The van der Waals surface area contributed by atoms with Gasteiger partial charge in [0.2, 0.25) is 5.91 Å². The van der Waals surface area contributed by atoms with Gasteiger partial charge in [-0.1, -0.05) is 22.9 Å². The van der Waals surface area contributed by atoms with Crippen LogP contribution in [0.2, 0.25) is 0 Å². The quantitative estimate of drug-likeness (QED) is 0.719. The third kappa shape index (κ3) is 4.55. The van der Waals surface area contributed by atoms with E-state index < -0.39 is 6.04 Å². The number of hydrogen-bond donors (Lipinski definition) is 3. The molecular formula is C13H18BrN3O2. The van der Waals surface area contributed by atoms with Crippen LogP contribution in [0.25, 0.3) is 0 Å². The molecule has 0 aliphatic rings. The first-order chi connectivity index (χ1) is 8.95. The van der Waals surface area contributed by atoms with Crippen molar-refractivity contribution in [3.63, 3.8) is 0 Å². The van der Waals surface area contributed by atoms with E-state index in [1.54, 1.807) is 25.1 Å². The van der Waals surface area contributed by atoms with Gasteiger partial charge in [-0.15, -0.1) is 0 Å². The van der Waals surface area contributed by atoms with Crippen molar-refractivity contribution in [3.05, 3.63) is 28.2 Å². The third-order valence-electron chi connectivity index (χ3n) is 2.55. The van der Waals surface area contributed by atoms with Gasteiger partial charge in [0, 0.05) is 16.7 Å². The Morgan fingerprint density at radius 3 is 2.74 bits per heavy atom. The van der Waals surface area contributed by atoms with Crippen molar-refractivity contribution in [2.45, 2.75) is 26.3 Å². The maximum Gasteiger partial charge on any atom is 0.254 e. The molecule has 0 saturated heterocycles. The molecule has 1 unspecified atom stereocenters. The summed E-state index contributed by atoms with van der Waals surface area (Å²) in [6.45, 7) is 4.20. The van der Waals surface area contributed by atoms with E-state index in [2.05, 4.69) is 26.6 Å². The summed E-state index contributed by atoms with van der Waals surface area (Å²) in [4.78, 5) is 23.7. The summed E-state index contributed by atoms with van der Waals surface area (Å²) >= 11 is 3.28. The van der Waals surface area contributed by atoms with E-state index in [4.69, 9.17) is 5.73 Å². The molecule has 4 N–H and O–H groups in total. The predicted octanol–water partition coefficient (Wildman–Crippen LogP) is 1.68. The molecule has 104 valence electrons. The fourth-order valence-electron chi connectivity index (χ4n) is 1.47. The van der Waals surface area contributed by atoms with E-state index in [1.165, 1.54) is 0 Å². The zero-order valence-corrected chi connectivity index (χ0v) is 12.6. The molecule has 0 bridgehead atoms. The fourth-order valence-corrected chi connectivity index (χ4v) is 1.83. The number of anilines is 1. The number of nitrogen functional groups attached to an aromatic ring is 1. The first kappa shape index (κ1) is 15.5. The summed E-state index contributed by atoms with van der Waals surface area (Å²) in [5.41, 5.74) is 6.47. The van der Waals surface area contributed by atoms with E-state index in [-0.39, 0.29) is 11.8 Å². The van der Waals surface area contributed by atoms with Crippen molar-refractivity contribution >= 4 is 33.4 Å². The van der Waals surface area contributed by atoms with Crippen molar-refractivity contribution in [1.82, 2.24) is 10.6 Å².